The molecule has 2 heterocycles. The summed E-state index contributed by atoms with van der Waals surface area (Å²) in [5, 5.41) is 0. The average Bonchev–Trinajstić information content (AvgIpc) is 2.91. The van der Waals surface area contributed by atoms with Crippen LogP contribution in [0.4, 0.5) is 0 Å². The van der Waals surface area contributed by atoms with Crippen molar-refractivity contribution < 1.29 is 4.74 Å². The second-order valence-electron chi connectivity index (χ2n) is 4.58. The zero-order chi connectivity index (χ0) is 14.1. The van der Waals surface area contributed by atoms with Crippen molar-refractivity contribution in [2.45, 2.75) is 13.5 Å². The Hall–Kier alpha value is -2.40. The van der Waals surface area contributed by atoms with Crippen molar-refractivity contribution in [3.05, 3.63) is 48.0 Å². The minimum absolute atomic E-state index is 0.430. The lowest BCUT2D eigenvalue weighted by molar-refractivity contribution is 0.415. The third kappa shape index (κ3) is 2.12. The molecule has 102 valence electrons. The van der Waals surface area contributed by atoms with Gasteiger partial charge in [-0.2, -0.15) is 0 Å². The maximum Gasteiger partial charge on any atom is 0.140 e. The van der Waals surface area contributed by atoms with Crippen LogP contribution in [-0.2, 0) is 6.54 Å². The van der Waals surface area contributed by atoms with Crippen LogP contribution in [0.15, 0.2) is 36.5 Å². The standard InChI is InChI=1S/C15H16N4O/c1-10-17-14(11-3-5-13(20-2)6-4-11)7-15-18-12(8-16)9-19(10)15/h3-7,9H,8,16H2,1-2H3. The van der Waals surface area contributed by atoms with Crippen LogP contribution in [0, 0.1) is 6.92 Å². The molecule has 0 saturated heterocycles. The molecule has 0 atom stereocenters. The number of hydrogen-bond acceptors (Lipinski definition) is 4. The quantitative estimate of drug-likeness (QED) is 0.790. The molecule has 2 N–H and O–H groups in total. The maximum absolute atomic E-state index is 5.63. The molecule has 0 amide bonds. The molecular weight excluding hydrogens is 252 g/mol. The van der Waals surface area contributed by atoms with Gasteiger partial charge in [-0.15, -0.1) is 0 Å². The van der Waals surface area contributed by atoms with Crippen LogP contribution in [0.5, 0.6) is 5.75 Å². The molecule has 5 nitrogen and oxygen atoms in total. The molecule has 3 aromatic rings. The lowest BCUT2D eigenvalue weighted by Crippen LogP contribution is -1.96. The highest BCUT2D eigenvalue weighted by atomic mass is 16.5. The number of methoxy groups -OCH3 is 1. The normalized spacial score (nSPS) is 10.9. The van der Waals surface area contributed by atoms with Crippen molar-refractivity contribution in [3.8, 4) is 17.0 Å². The number of aromatic nitrogens is 3. The lowest BCUT2D eigenvalue weighted by Gasteiger charge is -2.06. The summed E-state index contributed by atoms with van der Waals surface area (Å²) in [6.07, 6.45) is 1.93. The first-order valence-corrected chi connectivity index (χ1v) is 6.41. The molecule has 0 aliphatic carbocycles. The van der Waals surface area contributed by atoms with Crippen LogP contribution in [0.3, 0.4) is 0 Å². The molecular formula is C15H16N4O. The topological polar surface area (TPSA) is 65.4 Å². The van der Waals surface area contributed by atoms with Crippen molar-refractivity contribution in [3.63, 3.8) is 0 Å². The van der Waals surface area contributed by atoms with E-state index >= 15 is 0 Å². The number of aryl methyl sites for hydroxylation is 1. The Morgan fingerprint density at radius 3 is 2.60 bits per heavy atom. The minimum Gasteiger partial charge on any atom is -0.497 e. The van der Waals surface area contributed by atoms with E-state index in [0.717, 1.165) is 34.2 Å². The van der Waals surface area contributed by atoms with Crippen LogP contribution >= 0.6 is 0 Å². The van der Waals surface area contributed by atoms with Gasteiger partial charge in [-0.05, 0) is 31.2 Å². The second kappa shape index (κ2) is 4.94. The Labute approximate surface area is 117 Å². The van der Waals surface area contributed by atoms with Gasteiger partial charge in [-0.3, -0.25) is 4.40 Å². The summed E-state index contributed by atoms with van der Waals surface area (Å²) in [6.45, 7) is 2.39. The average molecular weight is 268 g/mol. The Balaban J connectivity index is 2.10. The van der Waals surface area contributed by atoms with Gasteiger partial charge < -0.3 is 10.5 Å². The van der Waals surface area contributed by atoms with Crippen LogP contribution < -0.4 is 10.5 Å². The number of fused-ring (bicyclic) bond motifs is 1. The first-order valence-electron chi connectivity index (χ1n) is 6.41. The summed E-state index contributed by atoms with van der Waals surface area (Å²) in [4.78, 5) is 9.10. The van der Waals surface area contributed by atoms with E-state index in [0.29, 0.717) is 6.54 Å². The molecule has 0 spiro atoms. The van der Waals surface area contributed by atoms with E-state index in [2.05, 4.69) is 9.97 Å². The van der Waals surface area contributed by atoms with Crippen molar-refractivity contribution in [2.24, 2.45) is 5.73 Å². The SMILES string of the molecule is COc1ccc(-c2cc3nc(CN)cn3c(C)n2)cc1. The van der Waals surface area contributed by atoms with E-state index in [-0.39, 0.29) is 0 Å². The molecule has 20 heavy (non-hydrogen) atoms. The molecule has 0 radical (unpaired) electrons. The van der Waals surface area contributed by atoms with Gasteiger partial charge in [0.05, 0.1) is 18.5 Å². The number of hydrogen-bond donors (Lipinski definition) is 1. The highest BCUT2D eigenvalue weighted by molar-refractivity contribution is 5.64. The highest BCUT2D eigenvalue weighted by Crippen LogP contribution is 2.22. The molecule has 0 unspecified atom stereocenters. The second-order valence-corrected chi connectivity index (χ2v) is 4.58. The number of ether oxygens (including phenoxy) is 1. The lowest BCUT2D eigenvalue weighted by atomic mass is 10.1. The van der Waals surface area contributed by atoms with Crippen molar-refractivity contribution in [1.29, 1.82) is 0 Å². The molecule has 2 aromatic heterocycles. The van der Waals surface area contributed by atoms with Crippen LogP contribution in [0.1, 0.15) is 11.5 Å². The predicted octanol–water partition coefficient (Wildman–Crippen LogP) is 2.17. The fraction of sp³-hybridized carbons (Fsp3) is 0.200. The molecule has 1 aromatic carbocycles. The molecule has 0 aliphatic rings. The fourth-order valence-electron chi connectivity index (χ4n) is 2.20. The molecule has 0 saturated carbocycles. The fourth-order valence-corrected chi connectivity index (χ4v) is 2.20. The minimum atomic E-state index is 0.430. The maximum atomic E-state index is 5.63. The Kier molecular flexibility index (Phi) is 3.12. The van der Waals surface area contributed by atoms with Gasteiger partial charge in [0.1, 0.15) is 17.2 Å². The van der Waals surface area contributed by atoms with E-state index in [1.807, 2.05) is 47.9 Å². The van der Waals surface area contributed by atoms with Gasteiger partial charge in [-0.25, -0.2) is 9.97 Å². The van der Waals surface area contributed by atoms with E-state index < -0.39 is 0 Å². The van der Waals surface area contributed by atoms with Gasteiger partial charge in [0, 0.05) is 24.4 Å². The Morgan fingerprint density at radius 2 is 1.95 bits per heavy atom. The predicted molar refractivity (Wildman–Crippen MR) is 77.6 cm³/mol. The molecule has 0 aliphatic heterocycles. The third-order valence-electron chi connectivity index (χ3n) is 3.27. The number of nitrogens with zero attached hydrogens (tertiary/aromatic N) is 3. The van der Waals surface area contributed by atoms with Gasteiger partial charge >= 0.3 is 0 Å². The first kappa shape index (κ1) is 12.6. The number of rotatable bonds is 3. The zero-order valence-electron chi connectivity index (χ0n) is 11.5. The Bertz CT molecular complexity index is 746. The van der Waals surface area contributed by atoms with Gasteiger partial charge in [0.2, 0.25) is 0 Å². The summed E-state index contributed by atoms with van der Waals surface area (Å²) < 4.78 is 7.12. The van der Waals surface area contributed by atoms with Gasteiger partial charge in [-0.1, -0.05) is 0 Å². The summed E-state index contributed by atoms with van der Waals surface area (Å²) in [5.74, 6) is 1.72. The molecule has 3 rings (SSSR count). The highest BCUT2D eigenvalue weighted by Gasteiger charge is 2.07. The van der Waals surface area contributed by atoms with Crippen LogP contribution in [0.25, 0.3) is 16.9 Å². The summed E-state index contributed by atoms with van der Waals surface area (Å²) in [5.41, 5.74) is 9.29. The smallest absolute Gasteiger partial charge is 0.140 e. The van der Waals surface area contributed by atoms with E-state index in [4.69, 9.17) is 10.5 Å². The van der Waals surface area contributed by atoms with Crippen molar-refractivity contribution in [1.82, 2.24) is 14.4 Å². The molecule has 0 bridgehead atoms. The summed E-state index contributed by atoms with van der Waals surface area (Å²) in [6, 6.07) is 9.79. The van der Waals surface area contributed by atoms with Crippen molar-refractivity contribution in [2.75, 3.05) is 7.11 Å². The monoisotopic (exact) mass is 268 g/mol. The van der Waals surface area contributed by atoms with Gasteiger partial charge in [0.15, 0.2) is 0 Å². The third-order valence-corrected chi connectivity index (χ3v) is 3.27. The summed E-state index contributed by atoms with van der Waals surface area (Å²) >= 11 is 0. The molecule has 5 heteroatoms. The number of benzene rings is 1. The summed E-state index contributed by atoms with van der Waals surface area (Å²) in [7, 11) is 1.66. The van der Waals surface area contributed by atoms with Crippen LogP contribution in [0.2, 0.25) is 0 Å². The largest absolute Gasteiger partial charge is 0.497 e. The molecule has 0 fully saturated rings. The van der Waals surface area contributed by atoms with E-state index in [1.165, 1.54) is 0 Å². The zero-order valence-corrected chi connectivity index (χ0v) is 11.5. The number of nitrogens with two attached hydrogens (primary N) is 1. The Morgan fingerprint density at radius 1 is 1.20 bits per heavy atom. The van der Waals surface area contributed by atoms with E-state index in [1.54, 1.807) is 7.11 Å². The van der Waals surface area contributed by atoms with Crippen LogP contribution in [-0.4, -0.2) is 21.5 Å². The number of imidazole rings is 1. The van der Waals surface area contributed by atoms with Crippen molar-refractivity contribution >= 4 is 5.65 Å². The van der Waals surface area contributed by atoms with E-state index in [9.17, 15) is 0 Å². The van der Waals surface area contributed by atoms with Gasteiger partial charge in [0.25, 0.3) is 0 Å². The first-order chi connectivity index (χ1) is 9.71.